The summed E-state index contributed by atoms with van der Waals surface area (Å²) in [6.45, 7) is 0. The minimum Gasteiger partial charge on any atom is -0.434 e. The molecule has 0 unspecified atom stereocenters. The van der Waals surface area contributed by atoms with Gasteiger partial charge in [-0.25, -0.2) is 0 Å². The van der Waals surface area contributed by atoms with Crippen LogP contribution in [-0.4, -0.2) is 10.1 Å². The number of thiol groups is 1. The Morgan fingerprint density at radius 3 is 2.43 bits per heavy atom. The number of para-hydroxylation sites is 1. The van der Waals surface area contributed by atoms with Gasteiger partial charge in [0.05, 0.1) is 5.02 Å². The van der Waals surface area contributed by atoms with Crippen LogP contribution in [-0.2, 0) is 4.79 Å². The number of hydrogen-bond donors (Lipinski definition) is 1. The summed E-state index contributed by atoms with van der Waals surface area (Å²) < 4.78 is 4.85. The Labute approximate surface area is 103 Å². The molecule has 1 aromatic carbocycles. The highest BCUT2D eigenvalue weighted by atomic mass is 35.5. The van der Waals surface area contributed by atoms with Crippen molar-refractivity contribution in [2.75, 3.05) is 0 Å². The van der Waals surface area contributed by atoms with Crippen molar-refractivity contribution in [3.05, 3.63) is 29.3 Å². The topological polar surface area (TPSA) is 26.3 Å². The van der Waals surface area contributed by atoms with Crippen molar-refractivity contribution < 1.29 is 9.53 Å². The number of rotatable bonds is 1. The average molecular weight is 269 g/mol. The van der Waals surface area contributed by atoms with E-state index in [0.29, 0.717) is 16.4 Å². The number of hydrogen-bond acceptors (Lipinski definition) is 3. The number of carbonyl (C=O) groups excluding carboxylic acids is 1. The van der Waals surface area contributed by atoms with E-state index in [1.807, 2.05) is 0 Å². The molecule has 0 aliphatic rings. The van der Waals surface area contributed by atoms with Crippen molar-refractivity contribution in [1.82, 2.24) is 0 Å². The van der Waals surface area contributed by atoms with Gasteiger partial charge in [0, 0.05) is 0 Å². The Morgan fingerprint density at radius 2 is 2.00 bits per heavy atom. The minimum absolute atomic E-state index is 0.0573. The maximum absolute atomic E-state index is 8.67. The van der Waals surface area contributed by atoms with Crippen LogP contribution in [0.1, 0.15) is 0 Å². The minimum atomic E-state index is -0.0573. The van der Waals surface area contributed by atoms with Crippen LogP contribution >= 0.6 is 48.0 Å². The molecular weight excluding hydrogens is 263 g/mol. The first-order chi connectivity index (χ1) is 6.61. The molecule has 14 heavy (non-hydrogen) atoms. The van der Waals surface area contributed by atoms with Gasteiger partial charge in [0.15, 0.2) is 5.62 Å². The van der Waals surface area contributed by atoms with Crippen LogP contribution in [0.3, 0.4) is 0 Å². The van der Waals surface area contributed by atoms with Crippen molar-refractivity contribution in [2.24, 2.45) is 0 Å². The van der Waals surface area contributed by atoms with Gasteiger partial charge in [-0.15, -0.1) is 12.6 Å². The summed E-state index contributed by atoms with van der Waals surface area (Å²) in [6, 6.07) is 6.98. The maximum atomic E-state index is 8.67. The maximum Gasteiger partial charge on any atom is 0.260 e. The molecule has 0 fully saturated rings. The van der Waals surface area contributed by atoms with Gasteiger partial charge in [-0.1, -0.05) is 23.7 Å². The van der Waals surface area contributed by atoms with Crippen molar-refractivity contribution >= 4 is 58.2 Å². The first kappa shape index (κ1) is 13.7. The Morgan fingerprint density at radius 1 is 1.50 bits per heavy atom. The normalized spacial score (nSPS) is 8.21. The molecule has 0 saturated heterocycles. The summed E-state index contributed by atoms with van der Waals surface area (Å²) >= 11 is 18.7. The summed E-state index contributed by atoms with van der Waals surface area (Å²) in [6.07, 6.45) is 0. The summed E-state index contributed by atoms with van der Waals surface area (Å²) in [5.41, 5.74) is 0.444. The first-order valence-corrected chi connectivity index (χ1v) is 4.99. The fourth-order valence-electron chi connectivity index (χ4n) is 0.614. The zero-order chi connectivity index (χ0) is 11.0. The molecule has 1 aromatic rings. The molecule has 0 saturated carbocycles. The fourth-order valence-corrected chi connectivity index (χ4v) is 0.961. The monoisotopic (exact) mass is 268 g/mol. The van der Waals surface area contributed by atoms with E-state index in [1.165, 1.54) is 0 Å². The van der Waals surface area contributed by atoms with E-state index in [0.717, 1.165) is 0 Å². The van der Waals surface area contributed by atoms with Crippen LogP contribution in [0.2, 0.25) is 5.02 Å². The lowest BCUT2D eigenvalue weighted by atomic mass is 10.3. The Hall–Kier alpha value is -0.290. The molecule has 1 rings (SSSR count). The second kappa shape index (κ2) is 8.05. The molecule has 0 radical (unpaired) electrons. The van der Waals surface area contributed by atoms with Gasteiger partial charge in [0.2, 0.25) is 0 Å². The number of carbonyl (C=O) groups is 1. The van der Waals surface area contributed by atoms with Crippen molar-refractivity contribution in [3.8, 4) is 5.75 Å². The van der Waals surface area contributed by atoms with Gasteiger partial charge in [-0.05, 0) is 36.0 Å². The summed E-state index contributed by atoms with van der Waals surface area (Å²) in [7, 11) is 0. The largest absolute Gasteiger partial charge is 0.434 e. The van der Waals surface area contributed by atoms with Gasteiger partial charge in [-0.3, -0.25) is 4.79 Å². The van der Waals surface area contributed by atoms with Crippen LogP contribution in [0.5, 0.6) is 5.75 Å². The molecule has 6 heteroatoms. The molecular formula is C8H6Cl2O2S2. The Kier molecular flexibility index (Phi) is 7.89. The van der Waals surface area contributed by atoms with Gasteiger partial charge in [0.1, 0.15) is 5.75 Å². The lowest BCUT2D eigenvalue weighted by Gasteiger charge is -2.01. The third-order valence-corrected chi connectivity index (χ3v) is 1.50. The SMILES string of the molecule is O=CS.S=C(Cl)Oc1ccccc1Cl. The van der Waals surface area contributed by atoms with Gasteiger partial charge in [-0.2, -0.15) is 0 Å². The lowest BCUT2D eigenvalue weighted by Crippen LogP contribution is -1.95. The van der Waals surface area contributed by atoms with Crippen molar-refractivity contribution in [3.63, 3.8) is 0 Å². The van der Waals surface area contributed by atoms with Crippen LogP contribution in [0, 0.1) is 0 Å². The number of ether oxygens (including phenoxy) is 1. The summed E-state index contributed by atoms with van der Waals surface area (Å²) in [5, 5.41) is 0.496. The van der Waals surface area contributed by atoms with Crippen molar-refractivity contribution in [2.45, 2.75) is 0 Å². The quantitative estimate of drug-likeness (QED) is 0.366. The smallest absolute Gasteiger partial charge is 0.260 e. The highest BCUT2D eigenvalue weighted by Gasteiger charge is 2.00. The molecule has 0 aromatic heterocycles. The van der Waals surface area contributed by atoms with E-state index in [2.05, 4.69) is 24.8 Å². The zero-order valence-electron chi connectivity index (χ0n) is 6.81. The third-order valence-electron chi connectivity index (χ3n) is 1.03. The van der Waals surface area contributed by atoms with Gasteiger partial charge in [0.25, 0.3) is 4.51 Å². The van der Waals surface area contributed by atoms with Crippen molar-refractivity contribution in [1.29, 1.82) is 0 Å². The molecule has 2 nitrogen and oxygen atoms in total. The highest BCUT2D eigenvalue weighted by molar-refractivity contribution is 7.94. The van der Waals surface area contributed by atoms with E-state index in [1.54, 1.807) is 24.3 Å². The van der Waals surface area contributed by atoms with E-state index in [9.17, 15) is 0 Å². The summed E-state index contributed by atoms with van der Waals surface area (Å²) in [4.78, 5) is 8.67. The van der Waals surface area contributed by atoms with Gasteiger partial charge < -0.3 is 4.74 Å². The van der Waals surface area contributed by atoms with Crippen LogP contribution in [0.15, 0.2) is 24.3 Å². The molecule has 0 atom stereocenters. The van der Waals surface area contributed by atoms with E-state index < -0.39 is 0 Å². The van der Waals surface area contributed by atoms with Crippen LogP contribution in [0.25, 0.3) is 0 Å². The number of halogens is 2. The molecule has 0 aliphatic carbocycles. The Balaban J connectivity index is 0.000000500. The number of thiocarbonyl (C=S) groups is 1. The average Bonchev–Trinajstić information content (AvgIpc) is 2.09. The second-order valence-electron chi connectivity index (χ2n) is 1.88. The van der Waals surface area contributed by atoms with Crippen LogP contribution < -0.4 is 4.74 Å². The summed E-state index contributed by atoms with van der Waals surface area (Å²) in [5.74, 6) is 0.481. The zero-order valence-corrected chi connectivity index (χ0v) is 10.0. The molecule has 0 N–H and O–H groups in total. The van der Waals surface area contributed by atoms with E-state index >= 15 is 0 Å². The van der Waals surface area contributed by atoms with Crippen LogP contribution in [0.4, 0.5) is 0 Å². The standard InChI is InChI=1S/C7H4Cl2OS.CH2OS/c8-5-3-1-2-4-6(5)10-7(9)11;2-1-3/h1-4H;1H,(H,2,3). The third kappa shape index (κ3) is 6.21. The molecule has 0 amide bonds. The Bertz CT molecular complexity index is 318. The predicted molar refractivity (Wildman–Crippen MR) is 66.3 cm³/mol. The molecule has 76 valence electrons. The second-order valence-corrected chi connectivity index (χ2v) is 3.43. The van der Waals surface area contributed by atoms with E-state index in [4.69, 9.17) is 32.7 Å². The fraction of sp³-hybridized carbons (Fsp3) is 0. The van der Waals surface area contributed by atoms with E-state index in [-0.39, 0.29) is 4.51 Å². The molecule has 0 bridgehead atoms. The highest BCUT2D eigenvalue weighted by Crippen LogP contribution is 2.23. The predicted octanol–water partition coefficient (Wildman–Crippen LogP) is 3.35. The lowest BCUT2D eigenvalue weighted by molar-refractivity contribution is 0.570. The molecule has 0 spiro atoms. The van der Waals surface area contributed by atoms with Gasteiger partial charge >= 0.3 is 0 Å². The molecule has 0 aliphatic heterocycles. The number of benzene rings is 1. The first-order valence-electron chi connectivity index (χ1n) is 3.31. The molecule has 0 heterocycles.